The summed E-state index contributed by atoms with van der Waals surface area (Å²) in [5, 5.41) is 2.06. The van der Waals surface area contributed by atoms with E-state index in [1.54, 1.807) is 6.07 Å². The van der Waals surface area contributed by atoms with Gasteiger partial charge in [-0.1, -0.05) is 18.2 Å². The lowest BCUT2D eigenvalue weighted by Gasteiger charge is -2.22. The van der Waals surface area contributed by atoms with Crippen molar-refractivity contribution in [2.45, 2.75) is 27.7 Å². The number of carbonyl (C=O) groups is 1. The first-order valence-electron chi connectivity index (χ1n) is 12.2. The molecule has 7 nitrogen and oxygen atoms in total. The second-order valence-corrected chi connectivity index (χ2v) is 8.33. The van der Waals surface area contributed by atoms with E-state index in [-0.39, 0.29) is 5.91 Å². The van der Waals surface area contributed by atoms with E-state index in [9.17, 15) is 4.79 Å². The van der Waals surface area contributed by atoms with Crippen LogP contribution in [-0.2, 0) is 0 Å². The highest BCUT2D eigenvalue weighted by Crippen LogP contribution is 2.42. The molecule has 0 unspecified atom stereocenters. The minimum Gasteiger partial charge on any atom is -0.456 e. The average molecular weight is 473 g/mol. The van der Waals surface area contributed by atoms with Gasteiger partial charge in [-0.2, -0.15) is 5.53 Å². The van der Waals surface area contributed by atoms with Crippen LogP contribution in [0.15, 0.2) is 65.1 Å². The fraction of sp³-hybridized carbons (Fsp3) is 0.286. The Morgan fingerprint density at radius 3 is 2.37 bits per heavy atom. The van der Waals surface area contributed by atoms with Crippen LogP contribution in [0.5, 0.6) is 0 Å². The Kier molecular flexibility index (Phi) is 7.48. The fourth-order valence-electron chi connectivity index (χ4n) is 4.76. The molecule has 4 rings (SSSR count). The summed E-state index contributed by atoms with van der Waals surface area (Å²) in [5.41, 5.74) is 9.89. The molecule has 1 aliphatic heterocycles. The predicted octanol–water partition coefficient (Wildman–Crippen LogP) is 3.97. The van der Waals surface area contributed by atoms with Gasteiger partial charge in [-0.3, -0.25) is 16.1 Å². The molecular weight excluding hydrogens is 438 g/mol. The van der Waals surface area contributed by atoms with Crippen LogP contribution >= 0.6 is 0 Å². The van der Waals surface area contributed by atoms with Gasteiger partial charge in [-0.25, -0.2) is 4.58 Å². The fourth-order valence-corrected chi connectivity index (χ4v) is 4.76. The molecule has 4 N–H and O–H groups in total. The minimum absolute atomic E-state index is 0.301. The Morgan fingerprint density at radius 1 is 0.943 bits per heavy atom. The zero-order chi connectivity index (χ0) is 24.9. The maximum atomic E-state index is 12.9. The van der Waals surface area contributed by atoms with E-state index >= 15 is 0 Å². The summed E-state index contributed by atoms with van der Waals surface area (Å²) in [6.07, 6.45) is 0. The van der Waals surface area contributed by atoms with Crippen molar-refractivity contribution in [1.82, 2.24) is 15.5 Å². The van der Waals surface area contributed by atoms with Gasteiger partial charge in [-0.05, 0) is 57.5 Å². The third-order valence-electron chi connectivity index (χ3n) is 6.57. The highest BCUT2D eigenvalue weighted by atomic mass is 16.3. The highest BCUT2D eigenvalue weighted by molar-refractivity contribution is 6.09. The van der Waals surface area contributed by atoms with Gasteiger partial charge >= 0.3 is 0 Å². The molecule has 2 aliphatic rings. The normalized spacial score (nSPS) is 11.1. The average Bonchev–Trinajstić information content (AvgIpc) is 2.88. The molecule has 2 aromatic rings. The third-order valence-corrected chi connectivity index (χ3v) is 6.57. The number of hydrazine groups is 2. The zero-order valence-electron chi connectivity index (χ0n) is 20.9. The molecule has 0 fully saturated rings. The van der Waals surface area contributed by atoms with E-state index in [4.69, 9.17) is 10.3 Å². The van der Waals surface area contributed by atoms with Crippen LogP contribution < -0.4 is 31.6 Å². The number of hydrogen-bond acceptors (Lipinski definition) is 5. The summed E-state index contributed by atoms with van der Waals surface area (Å²) >= 11 is 0. The number of nitrogens with two attached hydrogens (primary N) is 1. The molecule has 0 saturated carbocycles. The van der Waals surface area contributed by atoms with E-state index < -0.39 is 0 Å². The van der Waals surface area contributed by atoms with Crippen molar-refractivity contribution < 1.29 is 9.21 Å². The molecule has 0 aromatic heterocycles. The lowest BCUT2D eigenvalue weighted by Crippen LogP contribution is -2.42. The summed E-state index contributed by atoms with van der Waals surface area (Å²) in [6.45, 7) is 12.2. The number of fused-ring (bicyclic) bond motifs is 2. The number of nitrogens with zero attached hydrogens (tertiary/aromatic N) is 2. The van der Waals surface area contributed by atoms with Gasteiger partial charge in [0.05, 0.1) is 6.07 Å². The number of hydrogen-bond donors (Lipinski definition) is 3. The van der Waals surface area contributed by atoms with Gasteiger partial charge in [-0.15, -0.1) is 0 Å². The van der Waals surface area contributed by atoms with Crippen LogP contribution in [0.25, 0.3) is 33.4 Å². The Labute approximate surface area is 206 Å². The standard InChI is InChI=1S/C28H33N5O2/c1-5-32(6-2)19-13-15-23-25(17-19)35-26-18-20(33(7-3)8-4)14-16-24(26)27(23)21-11-9-10-12-22(21)28(34)30-31-29/h9-18H,5-8H2,1-4H3,(H3,29,30,34)/p+1. The van der Waals surface area contributed by atoms with Crippen LogP contribution in [0.1, 0.15) is 38.1 Å². The number of carbonyl (C=O) groups excluding carboxylic acids is 1. The summed E-state index contributed by atoms with van der Waals surface area (Å²) in [5.74, 6) is 5.85. The van der Waals surface area contributed by atoms with Gasteiger partial charge < -0.3 is 9.32 Å². The van der Waals surface area contributed by atoms with Gasteiger partial charge in [0.1, 0.15) is 24.4 Å². The van der Waals surface area contributed by atoms with E-state index in [0.29, 0.717) is 5.56 Å². The molecule has 0 spiro atoms. The summed E-state index contributed by atoms with van der Waals surface area (Å²) in [7, 11) is 0. The minimum atomic E-state index is -0.301. The second-order valence-electron chi connectivity index (χ2n) is 8.33. The molecule has 182 valence electrons. The molecule has 0 saturated heterocycles. The van der Waals surface area contributed by atoms with Crippen LogP contribution in [0.2, 0.25) is 0 Å². The lowest BCUT2D eigenvalue weighted by molar-refractivity contribution is 0.0934. The SMILES string of the molecule is CCN(CC)c1ccc2c(-c3ccccc3C(=O)NNN)c3ccc(=[N+](CC)CC)cc-3oc2c1. The van der Waals surface area contributed by atoms with Gasteiger partial charge in [0.25, 0.3) is 5.91 Å². The van der Waals surface area contributed by atoms with E-state index in [0.717, 1.165) is 70.6 Å². The Bertz CT molecular complexity index is 1380. The Morgan fingerprint density at radius 2 is 1.69 bits per heavy atom. The quantitative estimate of drug-likeness (QED) is 0.156. The zero-order valence-corrected chi connectivity index (χ0v) is 20.9. The number of anilines is 1. The first-order chi connectivity index (χ1) is 17.1. The van der Waals surface area contributed by atoms with E-state index in [1.807, 2.05) is 18.2 Å². The van der Waals surface area contributed by atoms with Crippen LogP contribution in [0.4, 0.5) is 5.69 Å². The monoisotopic (exact) mass is 472 g/mol. The van der Waals surface area contributed by atoms with Crippen LogP contribution in [0, 0.1) is 0 Å². The molecule has 0 radical (unpaired) electrons. The molecule has 1 heterocycles. The van der Waals surface area contributed by atoms with Crippen LogP contribution in [-0.4, -0.2) is 32.1 Å². The molecule has 0 atom stereocenters. The van der Waals surface area contributed by atoms with Crippen LogP contribution in [0.3, 0.4) is 0 Å². The summed E-state index contributed by atoms with van der Waals surface area (Å²) in [6, 6.07) is 20.2. The van der Waals surface area contributed by atoms with Crippen molar-refractivity contribution >= 4 is 22.6 Å². The number of rotatable bonds is 8. The summed E-state index contributed by atoms with van der Waals surface area (Å²) < 4.78 is 8.82. The maximum absolute atomic E-state index is 12.9. The van der Waals surface area contributed by atoms with Gasteiger partial charge in [0.2, 0.25) is 5.36 Å². The van der Waals surface area contributed by atoms with Crippen molar-refractivity contribution in [2.75, 3.05) is 31.1 Å². The van der Waals surface area contributed by atoms with Crippen molar-refractivity contribution in [3.8, 4) is 22.5 Å². The number of benzene rings is 3. The second kappa shape index (κ2) is 10.7. The molecule has 1 aliphatic carbocycles. The topological polar surface area (TPSA) is 86.5 Å². The first kappa shape index (κ1) is 24.4. The van der Waals surface area contributed by atoms with Crippen molar-refractivity contribution in [1.29, 1.82) is 0 Å². The molecule has 2 aromatic carbocycles. The predicted molar refractivity (Wildman–Crippen MR) is 143 cm³/mol. The summed E-state index contributed by atoms with van der Waals surface area (Å²) in [4.78, 5) is 15.2. The maximum Gasteiger partial charge on any atom is 0.267 e. The number of nitrogens with one attached hydrogen (secondary N) is 2. The largest absolute Gasteiger partial charge is 0.456 e. The molecule has 1 amide bonds. The van der Waals surface area contributed by atoms with Crippen molar-refractivity contribution in [3.05, 3.63) is 71.6 Å². The molecule has 35 heavy (non-hydrogen) atoms. The smallest absolute Gasteiger partial charge is 0.267 e. The van der Waals surface area contributed by atoms with Crippen molar-refractivity contribution in [3.63, 3.8) is 0 Å². The van der Waals surface area contributed by atoms with Gasteiger partial charge in [0.15, 0.2) is 0 Å². The molecular formula is C28H34N5O2+. The third kappa shape index (κ3) is 4.65. The lowest BCUT2D eigenvalue weighted by atomic mass is 9.90. The Hall–Kier alpha value is -3.68. The number of amides is 1. The van der Waals surface area contributed by atoms with Gasteiger partial charge in [0, 0.05) is 53.0 Å². The van der Waals surface area contributed by atoms with E-state index in [1.165, 1.54) is 0 Å². The van der Waals surface area contributed by atoms with Crippen molar-refractivity contribution in [2.24, 2.45) is 5.84 Å². The molecule has 7 heteroatoms. The molecule has 0 bridgehead atoms. The first-order valence-corrected chi connectivity index (χ1v) is 12.2. The van der Waals surface area contributed by atoms with E-state index in [2.05, 4.69) is 84.5 Å². The Balaban J connectivity index is 2.10. The highest BCUT2D eigenvalue weighted by Gasteiger charge is 2.22.